The van der Waals surface area contributed by atoms with E-state index in [0.29, 0.717) is 16.9 Å². The van der Waals surface area contributed by atoms with E-state index in [9.17, 15) is 26.4 Å². The van der Waals surface area contributed by atoms with Crippen LogP contribution in [-0.2, 0) is 9.84 Å². The molecule has 1 aromatic carbocycles. The molecule has 1 amide bonds. The van der Waals surface area contributed by atoms with Gasteiger partial charge in [0.25, 0.3) is 15.7 Å². The third-order valence-electron chi connectivity index (χ3n) is 5.13. The van der Waals surface area contributed by atoms with Crippen LogP contribution in [0.2, 0.25) is 0 Å². The van der Waals surface area contributed by atoms with Gasteiger partial charge in [0.1, 0.15) is 12.1 Å². The zero-order chi connectivity index (χ0) is 23.6. The molecule has 0 bridgehead atoms. The molecule has 2 aromatic heterocycles. The van der Waals surface area contributed by atoms with Crippen LogP contribution in [0.4, 0.5) is 24.7 Å². The largest absolute Gasteiger partial charge is 0.501 e. The summed E-state index contributed by atoms with van der Waals surface area (Å²) in [5.74, 6) is 0.153. The van der Waals surface area contributed by atoms with Crippen molar-refractivity contribution in [2.24, 2.45) is 0 Å². The maximum absolute atomic E-state index is 12.8. The fourth-order valence-electron chi connectivity index (χ4n) is 3.47. The van der Waals surface area contributed by atoms with Gasteiger partial charge >= 0.3 is 5.51 Å². The monoisotopic (exact) mass is 477 g/mol. The van der Waals surface area contributed by atoms with Gasteiger partial charge in [0.2, 0.25) is 0 Å². The second kappa shape index (κ2) is 8.77. The summed E-state index contributed by atoms with van der Waals surface area (Å²) in [6.07, 6.45) is 8.12. The van der Waals surface area contributed by atoms with Crippen molar-refractivity contribution < 1.29 is 26.4 Å². The zero-order valence-electron chi connectivity index (χ0n) is 17.1. The van der Waals surface area contributed by atoms with Crippen LogP contribution in [0.3, 0.4) is 0 Å². The summed E-state index contributed by atoms with van der Waals surface area (Å²) in [5, 5.41) is 2.54. The summed E-state index contributed by atoms with van der Waals surface area (Å²) in [6.45, 7) is 1.68. The highest BCUT2D eigenvalue weighted by atomic mass is 32.2. The van der Waals surface area contributed by atoms with Gasteiger partial charge < -0.3 is 10.2 Å². The Morgan fingerprint density at radius 2 is 1.64 bits per heavy atom. The Hall–Kier alpha value is -3.54. The van der Waals surface area contributed by atoms with E-state index in [1.807, 2.05) is 0 Å². The Labute approximate surface area is 187 Å². The van der Waals surface area contributed by atoms with Crippen LogP contribution in [0.5, 0.6) is 0 Å². The predicted octanol–water partition coefficient (Wildman–Crippen LogP) is 3.68. The molecule has 33 heavy (non-hydrogen) atoms. The maximum atomic E-state index is 12.8. The predicted molar refractivity (Wildman–Crippen MR) is 114 cm³/mol. The lowest BCUT2D eigenvalue weighted by Crippen LogP contribution is -2.23. The molecule has 12 heteroatoms. The number of carbonyl (C=O) groups is 1. The number of nitrogens with zero attached hydrogens (tertiary/aromatic N) is 4. The molecule has 1 aliphatic rings. The Kier molecular flexibility index (Phi) is 6.02. The Morgan fingerprint density at radius 3 is 2.24 bits per heavy atom. The second-order valence-corrected chi connectivity index (χ2v) is 9.29. The molecule has 0 unspecified atom stereocenters. The third-order valence-corrected chi connectivity index (χ3v) is 6.64. The molecule has 0 radical (unpaired) electrons. The minimum atomic E-state index is -5.46. The van der Waals surface area contributed by atoms with Crippen LogP contribution < -0.4 is 10.2 Å². The molecule has 0 atom stereocenters. The van der Waals surface area contributed by atoms with Crippen LogP contribution in [0.1, 0.15) is 23.2 Å². The van der Waals surface area contributed by atoms with E-state index in [-0.39, 0.29) is 11.3 Å². The second-order valence-electron chi connectivity index (χ2n) is 7.34. The van der Waals surface area contributed by atoms with Crippen molar-refractivity contribution in [1.82, 2.24) is 15.0 Å². The molecule has 0 saturated carbocycles. The number of sulfone groups is 1. The number of aromatic nitrogens is 3. The van der Waals surface area contributed by atoms with Crippen molar-refractivity contribution in [1.29, 1.82) is 0 Å². The summed E-state index contributed by atoms with van der Waals surface area (Å²) in [6, 6.07) is 5.42. The zero-order valence-corrected chi connectivity index (χ0v) is 17.9. The molecule has 3 aromatic rings. The number of anilines is 2. The van der Waals surface area contributed by atoms with E-state index in [4.69, 9.17) is 0 Å². The van der Waals surface area contributed by atoms with Crippen LogP contribution in [0.15, 0.2) is 60.1 Å². The Balaban J connectivity index is 1.60. The highest BCUT2D eigenvalue weighted by molar-refractivity contribution is 7.92. The topological polar surface area (TPSA) is 105 Å². The quantitative estimate of drug-likeness (QED) is 0.598. The number of halogens is 3. The Morgan fingerprint density at radius 1 is 1.00 bits per heavy atom. The van der Waals surface area contributed by atoms with E-state index in [1.54, 1.807) is 18.5 Å². The Bertz CT molecular complexity index is 1260. The number of nitrogens with one attached hydrogen (secondary N) is 1. The van der Waals surface area contributed by atoms with Crippen molar-refractivity contribution in [2.45, 2.75) is 23.2 Å². The summed E-state index contributed by atoms with van der Waals surface area (Å²) >= 11 is 0. The van der Waals surface area contributed by atoms with Crippen LogP contribution in [0, 0.1) is 0 Å². The molecular weight excluding hydrogens is 459 g/mol. The number of alkyl halides is 3. The van der Waals surface area contributed by atoms with Gasteiger partial charge in [-0.25, -0.2) is 23.4 Å². The van der Waals surface area contributed by atoms with Gasteiger partial charge in [0.05, 0.1) is 10.5 Å². The van der Waals surface area contributed by atoms with Gasteiger partial charge in [-0.15, -0.1) is 0 Å². The van der Waals surface area contributed by atoms with E-state index in [0.717, 1.165) is 50.2 Å². The molecule has 172 valence electrons. The van der Waals surface area contributed by atoms with Crippen molar-refractivity contribution in [3.05, 3.63) is 60.8 Å². The summed E-state index contributed by atoms with van der Waals surface area (Å²) in [4.78, 5) is 26.5. The minimum absolute atomic E-state index is 0.134. The van der Waals surface area contributed by atoms with E-state index >= 15 is 0 Å². The number of hydrogen-bond acceptors (Lipinski definition) is 7. The van der Waals surface area contributed by atoms with Crippen molar-refractivity contribution >= 4 is 27.2 Å². The standard InChI is InChI=1S/C21H18F3N5O3S/c22-21(23,24)33(31,32)17-5-3-16(4-6-17)28-20(30)14-9-18(15-10-25-13-26-11-15)19(27-12-14)29-7-1-2-8-29/h3-6,9-13H,1-2,7-8H2,(H,28,30). The average Bonchev–Trinajstić information content (AvgIpc) is 3.34. The van der Waals surface area contributed by atoms with Crippen molar-refractivity contribution in [3.8, 4) is 11.1 Å². The number of hydrogen-bond donors (Lipinski definition) is 1. The normalized spacial score (nSPS) is 14.3. The van der Waals surface area contributed by atoms with Gasteiger partial charge in [-0.3, -0.25) is 4.79 Å². The third kappa shape index (κ3) is 4.65. The average molecular weight is 477 g/mol. The van der Waals surface area contributed by atoms with Gasteiger partial charge in [0.15, 0.2) is 0 Å². The van der Waals surface area contributed by atoms with Gasteiger partial charge in [-0.05, 0) is 43.2 Å². The number of benzene rings is 1. The minimum Gasteiger partial charge on any atom is -0.356 e. The first-order valence-electron chi connectivity index (χ1n) is 9.90. The lowest BCUT2D eigenvalue weighted by molar-refractivity contribution is -0.0436. The van der Waals surface area contributed by atoms with E-state index in [2.05, 4.69) is 25.2 Å². The van der Waals surface area contributed by atoms with Gasteiger partial charge in [-0.2, -0.15) is 13.2 Å². The van der Waals surface area contributed by atoms with Crippen LogP contribution in [-0.4, -0.2) is 47.9 Å². The first-order chi connectivity index (χ1) is 15.7. The smallest absolute Gasteiger partial charge is 0.356 e. The molecule has 4 rings (SSSR count). The molecular formula is C21H18F3N5O3S. The highest BCUT2D eigenvalue weighted by Gasteiger charge is 2.46. The van der Waals surface area contributed by atoms with Gasteiger partial charge in [0, 0.05) is 48.5 Å². The SMILES string of the molecule is O=C(Nc1ccc(S(=O)(=O)C(F)(F)F)cc1)c1cnc(N2CCCC2)c(-c2cncnc2)c1. The van der Waals surface area contributed by atoms with Crippen LogP contribution in [0.25, 0.3) is 11.1 Å². The summed E-state index contributed by atoms with van der Waals surface area (Å²) < 4.78 is 61.1. The lowest BCUT2D eigenvalue weighted by atomic mass is 10.1. The molecule has 1 aliphatic heterocycles. The highest BCUT2D eigenvalue weighted by Crippen LogP contribution is 2.32. The van der Waals surface area contributed by atoms with Crippen molar-refractivity contribution in [2.75, 3.05) is 23.3 Å². The fraction of sp³-hybridized carbons (Fsp3) is 0.238. The number of amides is 1. The van der Waals surface area contributed by atoms with E-state index < -0.39 is 26.1 Å². The first kappa shape index (κ1) is 22.6. The van der Waals surface area contributed by atoms with E-state index in [1.165, 1.54) is 12.5 Å². The lowest BCUT2D eigenvalue weighted by Gasteiger charge is -2.20. The molecule has 3 heterocycles. The molecule has 1 saturated heterocycles. The molecule has 0 spiro atoms. The number of pyridine rings is 1. The first-order valence-corrected chi connectivity index (χ1v) is 11.4. The molecule has 8 nitrogen and oxygen atoms in total. The number of carbonyl (C=O) groups excluding carboxylic acids is 1. The molecule has 1 fully saturated rings. The summed E-state index contributed by atoms with van der Waals surface area (Å²) in [7, 11) is -5.46. The van der Waals surface area contributed by atoms with Crippen LogP contribution >= 0.6 is 0 Å². The molecule has 0 aliphatic carbocycles. The van der Waals surface area contributed by atoms with Gasteiger partial charge in [-0.1, -0.05) is 0 Å². The molecule has 1 N–H and O–H groups in total. The fourth-order valence-corrected chi connectivity index (χ4v) is 4.23. The summed E-state index contributed by atoms with van der Waals surface area (Å²) in [5.41, 5.74) is -3.70. The maximum Gasteiger partial charge on any atom is 0.501 e. The van der Waals surface area contributed by atoms with Crippen molar-refractivity contribution in [3.63, 3.8) is 0 Å². The number of rotatable bonds is 5.